The maximum Gasteiger partial charge on any atom is 0.152 e. The maximum atomic E-state index is 8.42. The molecule has 0 aromatic carbocycles. The molecule has 3 N–H and O–H groups in total. The molecule has 0 rings (SSSR count). The van der Waals surface area contributed by atoms with Crippen LogP contribution in [0, 0.1) is 5.41 Å². The summed E-state index contributed by atoms with van der Waals surface area (Å²) in [7, 11) is 0. The van der Waals surface area contributed by atoms with Crippen LogP contribution in [0.1, 0.15) is 6.92 Å². The molecule has 0 spiro atoms. The first kappa shape index (κ1) is 6.78. The minimum absolute atomic E-state index is 0.0185. The molecule has 42 valence electrons. The van der Waals surface area contributed by atoms with E-state index in [0.29, 0.717) is 0 Å². The topological polar surface area (TPSA) is 56.1 Å². The van der Waals surface area contributed by atoms with Crippen molar-refractivity contribution in [3.8, 4) is 0 Å². The van der Waals surface area contributed by atoms with E-state index in [4.69, 9.17) is 10.5 Å². The average Bonchev–Trinajstić information content (AvgIpc) is 1.27. The second-order valence-corrected chi connectivity index (χ2v) is 1.62. The lowest BCUT2D eigenvalue weighted by molar-refractivity contribution is 0.181. The smallest absolute Gasteiger partial charge is 0.152 e. The highest BCUT2D eigenvalue weighted by Gasteiger charge is 1.90. The molecule has 0 amide bonds. The van der Waals surface area contributed by atoms with E-state index in [1.54, 1.807) is 0 Å². The number of hydrogen-bond donors (Lipinski definition) is 4. The van der Waals surface area contributed by atoms with Crippen LogP contribution in [0.2, 0.25) is 0 Å². The van der Waals surface area contributed by atoms with Crippen LogP contribution in [0.15, 0.2) is 0 Å². The van der Waals surface area contributed by atoms with Crippen molar-refractivity contribution in [1.29, 1.82) is 5.41 Å². The summed E-state index contributed by atoms with van der Waals surface area (Å²) in [5, 5.41) is 17.3. The van der Waals surface area contributed by atoms with Gasteiger partial charge in [0.2, 0.25) is 0 Å². The minimum Gasteiger partial charge on any atom is -0.374 e. The van der Waals surface area contributed by atoms with Crippen LogP contribution < -0.4 is 5.32 Å². The number of nitrogens with one attached hydrogen (secondary N) is 2. The van der Waals surface area contributed by atoms with Crippen LogP contribution in [0.5, 0.6) is 0 Å². The lowest BCUT2D eigenvalue weighted by Crippen LogP contribution is -2.27. The van der Waals surface area contributed by atoms with Gasteiger partial charge < -0.3 is 10.4 Å². The zero-order valence-electron chi connectivity index (χ0n) is 3.97. The van der Waals surface area contributed by atoms with E-state index in [2.05, 4.69) is 17.9 Å². The fourth-order valence-electron chi connectivity index (χ4n) is 0.198. The van der Waals surface area contributed by atoms with E-state index in [0.717, 1.165) is 0 Å². The van der Waals surface area contributed by atoms with Gasteiger partial charge in [-0.15, -0.1) is 12.6 Å². The number of amidine groups is 1. The Bertz CT molecular complexity index is 73.3. The highest BCUT2D eigenvalue weighted by molar-refractivity contribution is 7.96. The largest absolute Gasteiger partial charge is 0.374 e. The molecule has 3 nitrogen and oxygen atoms in total. The van der Waals surface area contributed by atoms with Gasteiger partial charge in [-0.1, -0.05) is 0 Å². The third kappa shape index (κ3) is 5.78. The van der Waals surface area contributed by atoms with E-state index >= 15 is 0 Å². The first-order chi connectivity index (χ1) is 3.13. The summed E-state index contributed by atoms with van der Waals surface area (Å²) >= 11 is 3.55. The van der Waals surface area contributed by atoms with Crippen LogP contribution in [0.4, 0.5) is 0 Å². The van der Waals surface area contributed by atoms with Gasteiger partial charge in [-0.3, -0.25) is 5.41 Å². The summed E-state index contributed by atoms with van der Waals surface area (Å²) in [6.45, 7) is 1.52. The zero-order valence-corrected chi connectivity index (χ0v) is 4.87. The van der Waals surface area contributed by atoms with Crippen LogP contribution in [0.25, 0.3) is 0 Å². The third-order valence-electron chi connectivity index (χ3n) is 0.346. The summed E-state index contributed by atoms with van der Waals surface area (Å²) < 4.78 is 0. The van der Waals surface area contributed by atoms with Crippen molar-refractivity contribution in [1.82, 2.24) is 5.32 Å². The molecule has 0 aromatic heterocycles. The Kier molecular flexibility index (Phi) is 2.78. The van der Waals surface area contributed by atoms with E-state index in [-0.39, 0.29) is 5.17 Å². The zero-order chi connectivity index (χ0) is 5.86. The number of aliphatic hydroxyl groups excluding tert-OH is 1. The van der Waals surface area contributed by atoms with Crippen LogP contribution in [-0.2, 0) is 0 Å². The number of hydrogen-bond acceptors (Lipinski definition) is 2. The Morgan fingerprint density at radius 3 is 2.43 bits per heavy atom. The van der Waals surface area contributed by atoms with Crippen molar-refractivity contribution < 1.29 is 5.11 Å². The van der Waals surface area contributed by atoms with Crippen molar-refractivity contribution in [2.75, 3.05) is 0 Å². The summed E-state index contributed by atoms with van der Waals surface area (Å²) in [6.07, 6.45) is -0.676. The molecule has 0 bridgehead atoms. The lowest BCUT2D eigenvalue weighted by atomic mass is 10.7. The fraction of sp³-hybridized carbons (Fsp3) is 0.667. The fourth-order valence-corrected chi connectivity index (χ4v) is 0.385. The lowest BCUT2D eigenvalue weighted by Gasteiger charge is -2.03. The highest BCUT2D eigenvalue weighted by Crippen LogP contribution is 1.75. The first-order valence-corrected chi connectivity index (χ1v) is 2.30. The molecule has 0 saturated carbocycles. The number of rotatable bonds is 1. The van der Waals surface area contributed by atoms with Crippen molar-refractivity contribution in [2.45, 2.75) is 13.2 Å². The number of thiol groups is 1. The summed E-state index contributed by atoms with van der Waals surface area (Å²) in [5.41, 5.74) is 0. The molecule has 0 fully saturated rings. The minimum atomic E-state index is -0.676. The van der Waals surface area contributed by atoms with Crippen LogP contribution in [-0.4, -0.2) is 16.5 Å². The Morgan fingerprint density at radius 1 is 2.00 bits per heavy atom. The second-order valence-electron chi connectivity index (χ2n) is 1.17. The molecule has 0 aliphatic carbocycles. The molecule has 0 saturated heterocycles. The molecule has 0 radical (unpaired) electrons. The third-order valence-corrected chi connectivity index (χ3v) is 0.475. The van der Waals surface area contributed by atoms with Crippen molar-refractivity contribution >= 4 is 17.8 Å². The van der Waals surface area contributed by atoms with E-state index in [9.17, 15) is 0 Å². The maximum absolute atomic E-state index is 8.42. The molecule has 0 aromatic rings. The van der Waals surface area contributed by atoms with E-state index in [1.165, 1.54) is 6.92 Å². The highest BCUT2D eigenvalue weighted by atomic mass is 32.1. The second kappa shape index (κ2) is 2.87. The molecule has 4 heteroatoms. The normalized spacial score (nSPS) is 13.0. The van der Waals surface area contributed by atoms with Gasteiger partial charge in [0.1, 0.15) is 6.23 Å². The molecule has 0 aliphatic heterocycles. The molecule has 1 atom stereocenters. The van der Waals surface area contributed by atoms with Crippen LogP contribution >= 0.6 is 12.6 Å². The van der Waals surface area contributed by atoms with Gasteiger partial charge in [-0.25, -0.2) is 0 Å². The van der Waals surface area contributed by atoms with Crippen molar-refractivity contribution in [3.05, 3.63) is 0 Å². The molecule has 0 heterocycles. The predicted molar refractivity (Wildman–Crippen MR) is 31.5 cm³/mol. The number of aliphatic hydroxyl groups is 1. The molecule has 7 heavy (non-hydrogen) atoms. The average molecular weight is 120 g/mol. The van der Waals surface area contributed by atoms with Crippen LogP contribution in [0.3, 0.4) is 0 Å². The van der Waals surface area contributed by atoms with Gasteiger partial charge in [0.25, 0.3) is 0 Å². The monoisotopic (exact) mass is 120 g/mol. The SMILES string of the molecule is CC(O)NC(=N)S. The Hall–Kier alpha value is -0.220. The van der Waals surface area contributed by atoms with E-state index < -0.39 is 6.23 Å². The van der Waals surface area contributed by atoms with Crippen molar-refractivity contribution in [3.63, 3.8) is 0 Å². The Labute approximate surface area is 47.7 Å². The standard InChI is InChI=1S/C3H8N2OS/c1-2(6)5-3(4)7/h2,6H,1H3,(H3,4,5,7). The molecule has 0 aliphatic rings. The quantitative estimate of drug-likeness (QED) is 0.167. The summed E-state index contributed by atoms with van der Waals surface area (Å²) in [4.78, 5) is 0. The Morgan fingerprint density at radius 2 is 2.43 bits per heavy atom. The molecular formula is C3H8N2OS. The van der Waals surface area contributed by atoms with Gasteiger partial charge in [-0.05, 0) is 6.92 Å². The van der Waals surface area contributed by atoms with Crippen molar-refractivity contribution in [2.24, 2.45) is 0 Å². The van der Waals surface area contributed by atoms with Gasteiger partial charge >= 0.3 is 0 Å². The Balaban J connectivity index is 3.13. The van der Waals surface area contributed by atoms with Gasteiger partial charge in [0, 0.05) is 0 Å². The molecule has 1 unspecified atom stereocenters. The van der Waals surface area contributed by atoms with Gasteiger partial charge in [0.15, 0.2) is 5.17 Å². The van der Waals surface area contributed by atoms with Gasteiger partial charge in [0.05, 0.1) is 0 Å². The summed E-state index contributed by atoms with van der Waals surface area (Å²) in [6, 6.07) is 0. The first-order valence-electron chi connectivity index (χ1n) is 1.85. The molecular weight excluding hydrogens is 112 g/mol. The predicted octanol–water partition coefficient (Wildman–Crippen LogP) is -0.221. The van der Waals surface area contributed by atoms with Gasteiger partial charge in [-0.2, -0.15) is 0 Å². The van der Waals surface area contributed by atoms with E-state index in [1.807, 2.05) is 0 Å². The summed E-state index contributed by atoms with van der Waals surface area (Å²) in [5.74, 6) is 0.